The van der Waals surface area contributed by atoms with Gasteiger partial charge in [0, 0.05) is 17.5 Å². The number of hydrogen-bond acceptors (Lipinski definition) is 3. The normalized spacial score (nSPS) is 21.0. The van der Waals surface area contributed by atoms with Crippen LogP contribution in [0.4, 0.5) is 8.78 Å². The highest BCUT2D eigenvalue weighted by Gasteiger charge is 2.50. The Morgan fingerprint density at radius 1 is 1.44 bits per heavy atom. The molecule has 2 aliphatic rings. The zero-order valence-corrected chi connectivity index (χ0v) is 14.0. The maximum Gasteiger partial charge on any atom is 0.272 e. The molecule has 0 saturated heterocycles. The Balaban J connectivity index is 1.78. The molecule has 0 spiro atoms. The number of nitrogens with zero attached hydrogens (tertiary/aromatic N) is 2. The van der Waals surface area contributed by atoms with Gasteiger partial charge in [-0.2, -0.15) is 5.10 Å². The minimum atomic E-state index is -0.781. The number of rotatable bonds is 4. The van der Waals surface area contributed by atoms with E-state index in [4.69, 9.17) is 0 Å². The molecule has 0 aliphatic heterocycles. The van der Waals surface area contributed by atoms with Crippen LogP contribution in [0.15, 0.2) is 18.2 Å². The number of fused-ring (bicyclic) bond motifs is 3. The standard InChI is InChI=1S/C18H19F2N3O2/c1-18(2,8-24)21-17(25)15-12-6-9-5-11(9)16(12)23(22-15)14-4-3-10(19)7-13(14)20/h3-4,7,9,11,24H,5-6,8H2,1-2H3,(H,21,25)/t9-,11-/m0/s1. The summed E-state index contributed by atoms with van der Waals surface area (Å²) < 4.78 is 28.9. The first-order valence-electron chi connectivity index (χ1n) is 8.31. The summed E-state index contributed by atoms with van der Waals surface area (Å²) in [5.74, 6) is -1.01. The fourth-order valence-corrected chi connectivity index (χ4v) is 3.54. The van der Waals surface area contributed by atoms with Crippen molar-refractivity contribution in [1.82, 2.24) is 15.1 Å². The summed E-state index contributed by atoms with van der Waals surface area (Å²) in [7, 11) is 0. The molecule has 25 heavy (non-hydrogen) atoms. The topological polar surface area (TPSA) is 67.2 Å². The van der Waals surface area contributed by atoms with Crippen LogP contribution in [0.1, 0.15) is 47.9 Å². The lowest BCUT2D eigenvalue weighted by Crippen LogP contribution is -2.46. The largest absolute Gasteiger partial charge is 0.394 e. The average molecular weight is 347 g/mol. The summed E-state index contributed by atoms with van der Waals surface area (Å²) in [5, 5.41) is 16.5. The Bertz CT molecular complexity index is 875. The molecule has 0 unspecified atom stereocenters. The summed E-state index contributed by atoms with van der Waals surface area (Å²) in [5.41, 5.74) is 1.30. The Kier molecular flexibility index (Phi) is 3.47. The Labute approximate surface area is 143 Å². The molecular weight excluding hydrogens is 328 g/mol. The van der Waals surface area contributed by atoms with Gasteiger partial charge in [-0.3, -0.25) is 4.79 Å². The highest BCUT2D eigenvalue weighted by Crippen LogP contribution is 2.57. The number of aromatic nitrogens is 2. The van der Waals surface area contributed by atoms with E-state index in [1.807, 2.05) is 0 Å². The van der Waals surface area contributed by atoms with Crippen molar-refractivity contribution >= 4 is 5.91 Å². The van der Waals surface area contributed by atoms with E-state index in [-0.39, 0.29) is 23.9 Å². The van der Waals surface area contributed by atoms with Crippen molar-refractivity contribution in [2.75, 3.05) is 6.61 Å². The van der Waals surface area contributed by atoms with Gasteiger partial charge < -0.3 is 10.4 Å². The van der Waals surface area contributed by atoms with Gasteiger partial charge in [-0.1, -0.05) is 0 Å². The molecule has 0 bridgehead atoms. The number of carbonyl (C=O) groups excluding carboxylic acids is 1. The molecule has 1 saturated carbocycles. The van der Waals surface area contributed by atoms with Gasteiger partial charge in [0.2, 0.25) is 0 Å². The second kappa shape index (κ2) is 5.36. The summed E-state index contributed by atoms with van der Waals surface area (Å²) in [6.07, 6.45) is 1.75. The number of carbonyl (C=O) groups is 1. The van der Waals surface area contributed by atoms with Gasteiger partial charge in [0.05, 0.1) is 17.8 Å². The Hall–Kier alpha value is -2.28. The molecule has 5 nitrogen and oxygen atoms in total. The molecule has 4 rings (SSSR count). The van der Waals surface area contributed by atoms with Gasteiger partial charge in [-0.25, -0.2) is 13.5 Å². The van der Waals surface area contributed by atoms with Crippen molar-refractivity contribution in [3.8, 4) is 5.69 Å². The smallest absolute Gasteiger partial charge is 0.272 e. The first-order chi connectivity index (χ1) is 11.8. The fraction of sp³-hybridized carbons (Fsp3) is 0.444. The predicted octanol–water partition coefficient (Wildman–Crippen LogP) is 2.31. The quantitative estimate of drug-likeness (QED) is 0.892. The van der Waals surface area contributed by atoms with Gasteiger partial charge in [-0.15, -0.1) is 0 Å². The molecule has 0 radical (unpaired) electrons. The van der Waals surface area contributed by atoms with E-state index in [9.17, 15) is 18.7 Å². The van der Waals surface area contributed by atoms with Crippen LogP contribution in [0.5, 0.6) is 0 Å². The zero-order chi connectivity index (χ0) is 17.9. The Morgan fingerprint density at radius 3 is 2.88 bits per heavy atom. The van der Waals surface area contributed by atoms with E-state index in [1.165, 1.54) is 16.8 Å². The number of aliphatic hydroxyl groups is 1. The van der Waals surface area contributed by atoms with Gasteiger partial charge in [0.1, 0.15) is 11.5 Å². The lowest BCUT2D eigenvalue weighted by molar-refractivity contribution is 0.0862. The second-order valence-electron chi connectivity index (χ2n) is 7.52. The van der Waals surface area contributed by atoms with Crippen LogP contribution in [0.3, 0.4) is 0 Å². The third-order valence-electron chi connectivity index (χ3n) is 4.96. The average Bonchev–Trinajstić information content (AvgIpc) is 3.04. The van der Waals surface area contributed by atoms with E-state index < -0.39 is 23.1 Å². The third-order valence-corrected chi connectivity index (χ3v) is 4.96. The number of amides is 1. The second-order valence-corrected chi connectivity index (χ2v) is 7.52. The fourth-order valence-electron chi connectivity index (χ4n) is 3.54. The van der Waals surface area contributed by atoms with E-state index in [2.05, 4.69) is 10.4 Å². The van der Waals surface area contributed by atoms with Crippen LogP contribution in [-0.2, 0) is 6.42 Å². The maximum atomic E-state index is 14.2. The predicted molar refractivity (Wildman–Crippen MR) is 86.7 cm³/mol. The van der Waals surface area contributed by atoms with Crippen LogP contribution in [0.25, 0.3) is 5.69 Å². The lowest BCUT2D eigenvalue weighted by atomic mass is 10.1. The molecule has 2 aromatic rings. The number of hydrogen-bond donors (Lipinski definition) is 2. The summed E-state index contributed by atoms with van der Waals surface area (Å²) in [6.45, 7) is 3.21. The molecule has 7 heteroatoms. The summed E-state index contributed by atoms with van der Waals surface area (Å²) in [4.78, 5) is 12.6. The van der Waals surface area contributed by atoms with E-state index in [0.29, 0.717) is 5.92 Å². The van der Waals surface area contributed by atoms with Gasteiger partial charge in [0.25, 0.3) is 5.91 Å². The number of aliphatic hydroxyl groups excluding tert-OH is 1. The van der Waals surface area contributed by atoms with Crippen molar-refractivity contribution in [2.24, 2.45) is 5.92 Å². The Morgan fingerprint density at radius 2 is 2.20 bits per heavy atom. The van der Waals surface area contributed by atoms with Crippen LogP contribution in [-0.4, -0.2) is 32.9 Å². The molecular formula is C18H19F2N3O2. The molecule has 1 aromatic carbocycles. The monoisotopic (exact) mass is 347 g/mol. The lowest BCUT2D eigenvalue weighted by Gasteiger charge is -2.23. The van der Waals surface area contributed by atoms with Crippen LogP contribution in [0.2, 0.25) is 0 Å². The molecule has 2 aliphatic carbocycles. The molecule has 1 aromatic heterocycles. The number of halogens is 2. The summed E-state index contributed by atoms with van der Waals surface area (Å²) >= 11 is 0. The van der Waals surface area contributed by atoms with E-state index in [0.717, 1.165) is 30.2 Å². The van der Waals surface area contributed by atoms with E-state index >= 15 is 0 Å². The SMILES string of the molecule is CC(C)(CO)NC(=O)c1nn(-c2ccc(F)cc2F)c2c1C[C@@H]1C[C@H]21. The van der Waals surface area contributed by atoms with Crippen molar-refractivity contribution in [3.05, 3.63) is 46.8 Å². The highest BCUT2D eigenvalue weighted by atomic mass is 19.1. The van der Waals surface area contributed by atoms with Crippen molar-refractivity contribution in [2.45, 2.75) is 38.1 Å². The number of nitrogens with one attached hydrogen (secondary N) is 1. The van der Waals surface area contributed by atoms with Crippen molar-refractivity contribution < 1.29 is 18.7 Å². The van der Waals surface area contributed by atoms with Crippen molar-refractivity contribution in [3.63, 3.8) is 0 Å². The minimum Gasteiger partial charge on any atom is -0.394 e. The molecule has 1 amide bonds. The van der Waals surface area contributed by atoms with Gasteiger partial charge >= 0.3 is 0 Å². The molecule has 132 valence electrons. The van der Waals surface area contributed by atoms with Crippen LogP contribution < -0.4 is 5.32 Å². The summed E-state index contributed by atoms with van der Waals surface area (Å²) in [6, 6.07) is 3.34. The van der Waals surface area contributed by atoms with Gasteiger partial charge in [-0.05, 0) is 44.7 Å². The first-order valence-corrected chi connectivity index (χ1v) is 8.31. The third kappa shape index (κ3) is 2.63. The minimum absolute atomic E-state index is 0.144. The van der Waals surface area contributed by atoms with Crippen LogP contribution >= 0.6 is 0 Å². The maximum absolute atomic E-state index is 14.2. The first kappa shape index (κ1) is 16.2. The molecule has 1 fully saturated rings. The van der Waals surface area contributed by atoms with Crippen molar-refractivity contribution in [1.29, 1.82) is 0 Å². The molecule has 1 heterocycles. The van der Waals surface area contributed by atoms with Crippen LogP contribution in [0, 0.1) is 17.6 Å². The molecule has 2 N–H and O–H groups in total. The zero-order valence-electron chi connectivity index (χ0n) is 14.0. The van der Waals surface area contributed by atoms with E-state index in [1.54, 1.807) is 13.8 Å². The highest BCUT2D eigenvalue weighted by molar-refractivity contribution is 5.95. The molecule has 2 atom stereocenters. The number of benzene rings is 1. The van der Waals surface area contributed by atoms with Gasteiger partial charge in [0.15, 0.2) is 11.5 Å².